The smallest absolute Gasteiger partial charge is 0.242 e. The SMILES string of the molecule is CCNc1ccccc1S(=O)(=O)NC1CCC1. The lowest BCUT2D eigenvalue weighted by Crippen LogP contribution is -2.39. The molecule has 94 valence electrons. The molecule has 1 fully saturated rings. The molecule has 0 spiro atoms. The molecule has 1 aliphatic carbocycles. The number of sulfonamides is 1. The highest BCUT2D eigenvalue weighted by molar-refractivity contribution is 7.89. The van der Waals surface area contributed by atoms with Gasteiger partial charge in [-0.15, -0.1) is 0 Å². The molecule has 17 heavy (non-hydrogen) atoms. The zero-order valence-electron chi connectivity index (χ0n) is 9.94. The van der Waals surface area contributed by atoms with E-state index < -0.39 is 10.0 Å². The molecule has 0 aromatic heterocycles. The zero-order valence-corrected chi connectivity index (χ0v) is 10.8. The van der Waals surface area contributed by atoms with Crippen LogP contribution in [0.4, 0.5) is 5.69 Å². The van der Waals surface area contributed by atoms with Gasteiger partial charge >= 0.3 is 0 Å². The lowest BCUT2D eigenvalue weighted by Gasteiger charge is -2.26. The summed E-state index contributed by atoms with van der Waals surface area (Å²) in [6.45, 7) is 2.65. The van der Waals surface area contributed by atoms with Crippen molar-refractivity contribution >= 4 is 15.7 Å². The molecule has 0 atom stereocenters. The maximum atomic E-state index is 12.2. The summed E-state index contributed by atoms with van der Waals surface area (Å²) in [4.78, 5) is 0.341. The minimum absolute atomic E-state index is 0.120. The van der Waals surface area contributed by atoms with Gasteiger partial charge in [0.05, 0.1) is 5.69 Å². The second kappa shape index (κ2) is 5.06. The fourth-order valence-electron chi connectivity index (χ4n) is 1.85. The van der Waals surface area contributed by atoms with E-state index in [-0.39, 0.29) is 6.04 Å². The summed E-state index contributed by atoms with van der Waals surface area (Å²) < 4.78 is 27.1. The molecule has 0 unspecified atom stereocenters. The highest BCUT2D eigenvalue weighted by atomic mass is 32.2. The first kappa shape index (κ1) is 12.4. The molecule has 1 saturated carbocycles. The Morgan fingerprint density at radius 2 is 2.00 bits per heavy atom. The van der Waals surface area contributed by atoms with Crippen LogP contribution >= 0.6 is 0 Å². The third-order valence-corrected chi connectivity index (χ3v) is 4.55. The maximum Gasteiger partial charge on any atom is 0.242 e. The van der Waals surface area contributed by atoms with Crippen LogP contribution in [-0.4, -0.2) is 21.0 Å². The van der Waals surface area contributed by atoms with E-state index in [2.05, 4.69) is 10.0 Å². The average molecular weight is 254 g/mol. The van der Waals surface area contributed by atoms with Crippen LogP contribution in [0.15, 0.2) is 29.2 Å². The fourth-order valence-corrected chi connectivity index (χ4v) is 3.34. The normalized spacial score (nSPS) is 16.5. The molecule has 0 aliphatic heterocycles. The first-order valence-corrected chi connectivity index (χ1v) is 7.47. The van der Waals surface area contributed by atoms with Crippen LogP contribution < -0.4 is 10.0 Å². The van der Waals surface area contributed by atoms with Gasteiger partial charge in [0.1, 0.15) is 4.90 Å². The van der Waals surface area contributed by atoms with Crippen molar-refractivity contribution in [2.45, 2.75) is 37.1 Å². The van der Waals surface area contributed by atoms with E-state index >= 15 is 0 Å². The van der Waals surface area contributed by atoms with Crippen LogP contribution in [0.2, 0.25) is 0 Å². The molecule has 0 saturated heterocycles. The van der Waals surface area contributed by atoms with Gasteiger partial charge < -0.3 is 5.32 Å². The van der Waals surface area contributed by atoms with Crippen LogP contribution in [0.5, 0.6) is 0 Å². The van der Waals surface area contributed by atoms with Gasteiger partial charge in [-0.05, 0) is 31.9 Å². The molecule has 0 bridgehead atoms. The number of hydrogen-bond donors (Lipinski definition) is 2. The van der Waals surface area contributed by atoms with Crippen molar-refractivity contribution < 1.29 is 8.42 Å². The lowest BCUT2D eigenvalue weighted by atomic mass is 9.94. The maximum absolute atomic E-state index is 12.2. The molecule has 0 radical (unpaired) electrons. The van der Waals surface area contributed by atoms with E-state index in [0.29, 0.717) is 17.1 Å². The minimum Gasteiger partial charge on any atom is -0.384 e. The second-order valence-corrected chi connectivity index (χ2v) is 5.96. The Bertz CT molecular complexity index is 481. The van der Waals surface area contributed by atoms with Crippen LogP contribution in [-0.2, 0) is 10.0 Å². The molecule has 2 rings (SSSR count). The molecular formula is C12H18N2O2S. The third-order valence-electron chi connectivity index (χ3n) is 2.97. The molecule has 0 heterocycles. The first-order chi connectivity index (χ1) is 8.13. The van der Waals surface area contributed by atoms with Gasteiger partial charge in [-0.2, -0.15) is 0 Å². The predicted molar refractivity (Wildman–Crippen MR) is 68.6 cm³/mol. The molecule has 1 aliphatic rings. The highest BCUT2D eigenvalue weighted by Crippen LogP contribution is 2.24. The molecule has 1 aromatic carbocycles. The molecule has 5 heteroatoms. The van der Waals surface area contributed by atoms with Crippen molar-refractivity contribution in [3.63, 3.8) is 0 Å². The van der Waals surface area contributed by atoms with Gasteiger partial charge in [-0.25, -0.2) is 13.1 Å². The van der Waals surface area contributed by atoms with Crippen molar-refractivity contribution in [1.82, 2.24) is 4.72 Å². The van der Waals surface area contributed by atoms with Crippen molar-refractivity contribution in [2.24, 2.45) is 0 Å². The Hall–Kier alpha value is -1.07. The Kier molecular flexibility index (Phi) is 3.69. The van der Waals surface area contributed by atoms with Crippen LogP contribution in [0, 0.1) is 0 Å². The lowest BCUT2D eigenvalue weighted by molar-refractivity contribution is 0.383. The summed E-state index contributed by atoms with van der Waals surface area (Å²) in [5, 5.41) is 3.07. The van der Waals surface area contributed by atoms with Gasteiger partial charge in [-0.3, -0.25) is 0 Å². The third kappa shape index (κ3) is 2.79. The molecular weight excluding hydrogens is 236 g/mol. The summed E-state index contributed by atoms with van der Waals surface area (Å²) in [5.41, 5.74) is 0.668. The summed E-state index contributed by atoms with van der Waals surface area (Å²) in [6.07, 6.45) is 3.01. The van der Waals surface area contributed by atoms with Gasteiger partial charge in [-0.1, -0.05) is 18.6 Å². The number of nitrogens with one attached hydrogen (secondary N) is 2. The minimum atomic E-state index is -3.39. The number of benzene rings is 1. The first-order valence-electron chi connectivity index (χ1n) is 5.98. The van der Waals surface area contributed by atoms with Crippen LogP contribution in [0.3, 0.4) is 0 Å². The summed E-state index contributed by atoms with van der Waals surface area (Å²) in [6, 6.07) is 7.13. The van der Waals surface area contributed by atoms with Crippen molar-refractivity contribution in [1.29, 1.82) is 0 Å². The molecule has 0 amide bonds. The zero-order chi connectivity index (χ0) is 12.3. The monoisotopic (exact) mass is 254 g/mol. The number of rotatable bonds is 5. The Balaban J connectivity index is 2.24. The quantitative estimate of drug-likeness (QED) is 0.844. The summed E-state index contributed by atoms with van der Waals surface area (Å²) in [7, 11) is -3.39. The van der Waals surface area contributed by atoms with Crippen LogP contribution in [0.25, 0.3) is 0 Å². The molecule has 1 aromatic rings. The van der Waals surface area contributed by atoms with Crippen molar-refractivity contribution in [2.75, 3.05) is 11.9 Å². The topological polar surface area (TPSA) is 58.2 Å². The Morgan fingerprint density at radius 1 is 1.29 bits per heavy atom. The van der Waals surface area contributed by atoms with E-state index in [1.165, 1.54) is 0 Å². The predicted octanol–water partition coefficient (Wildman–Crippen LogP) is 1.95. The highest BCUT2D eigenvalue weighted by Gasteiger charge is 2.26. The van der Waals surface area contributed by atoms with E-state index in [1.54, 1.807) is 18.2 Å². The van der Waals surface area contributed by atoms with Gasteiger partial charge in [0.15, 0.2) is 0 Å². The van der Waals surface area contributed by atoms with E-state index in [4.69, 9.17) is 0 Å². The number of para-hydroxylation sites is 1. The van der Waals surface area contributed by atoms with Crippen LogP contribution in [0.1, 0.15) is 26.2 Å². The van der Waals surface area contributed by atoms with E-state index in [9.17, 15) is 8.42 Å². The van der Waals surface area contributed by atoms with E-state index in [0.717, 1.165) is 19.3 Å². The molecule has 4 nitrogen and oxygen atoms in total. The average Bonchev–Trinajstić information content (AvgIpc) is 2.25. The van der Waals surface area contributed by atoms with Crippen molar-refractivity contribution in [3.05, 3.63) is 24.3 Å². The van der Waals surface area contributed by atoms with Gasteiger partial charge in [0.2, 0.25) is 10.0 Å². The molecule has 2 N–H and O–H groups in total. The summed E-state index contributed by atoms with van der Waals surface area (Å²) in [5.74, 6) is 0. The Labute approximate surface area is 102 Å². The van der Waals surface area contributed by atoms with Gasteiger partial charge in [0, 0.05) is 12.6 Å². The van der Waals surface area contributed by atoms with E-state index in [1.807, 2.05) is 13.0 Å². The van der Waals surface area contributed by atoms with Crippen molar-refractivity contribution in [3.8, 4) is 0 Å². The summed E-state index contributed by atoms with van der Waals surface area (Å²) >= 11 is 0. The standard InChI is InChI=1S/C12H18N2O2S/c1-2-13-11-8-3-4-9-12(11)17(15,16)14-10-6-5-7-10/h3-4,8-10,13-14H,2,5-7H2,1H3. The number of anilines is 1. The fraction of sp³-hybridized carbons (Fsp3) is 0.500. The second-order valence-electron chi connectivity index (χ2n) is 4.28. The van der Waals surface area contributed by atoms with Gasteiger partial charge in [0.25, 0.3) is 0 Å². The number of hydrogen-bond acceptors (Lipinski definition) is 3. The largest absolute Gasteiger partial charge is 0.384 e. The Morgan fingerprint density at radius 3 is 2.59 bits per heavy atom.